The Morgan fingerprint density at radius 3 is 2.76 bits per heavy atom. The fourth-order valence-corrected chi connectivity index (χ4v) is 4.29. The minimum absolute atomic E-state index is 0.478. The maximum atomic E-state index is 5.95. The fourth-order valence-electron chi connectivity index (χ4n) is 3.08. The van der Waals surface area contributed by atoms with Gasteiger partial charge in [-0.3, -0.25) is 0 Å². The van der Waals surface area contributed by atoms with Crippen molar-refractivity contribution in [2.24, 2.45) is 5.92 Å². The van der Waals surface area contributed by atoms with Crippen LogP contribution >= 0.6 is 11.8 Å². The summed E-state index contributed by atoms with van der Waals surface area (Å²) in [4.78, 5) is 0. The molecule has 2 nitrogen and oxygen atoms in total. The van der Waals surface area contributed by atoms with Gasteiger partial charge < -0.3 is 10.1 Å². The SMILES string of the molecule is CCNC(CC1CCSCC1)c1cccc(OC2CC2)c1. The molecule has 1 saturated carbocycles. The molecule has 1 heterocycles. The van der Waals surface area contributed by atoms with Gasteiger partial charge in [0.15, 0.2) is 0 Å². The van der Waals surface area contributed by atoms with Gasteiger partial charge in [0.25, 0.3) is 0 Å². The summed E-state index contributed by atoms with van der Waals surface area (Å²) < 4.78 is 5.95. The van der Waals surface area contributed by atoms with Gasteiger partial charge in [-0.25, -0.2) is 0 Å². The standard InChI is InChI=1S/C18H27NOS/c1-2-19-18(12-14-8-10-21-11-9-14)15-4-3-5-17(13-15)20-16-6-7-16/h3-5,13-14,16,18-19H,2,6-12H2,1H3. The first-order valence-electron chi connectivity index (χ1n) is 8.43. The summed E-state index contributed by atoms with van der Waals surface area (Å²) >= 11 is 2.11. The van der Waals surface area contributed by atoms with Crippen LogP contribution in [0, 0.1) is 5.92 Å². The number of rotatable bonds is 7. The van der Waals surface area contributed by atoms with E-state index in [4.69, 9.17) is 4.74 Å². The zero-order valence-electron chi connectivity index (χ0n) is 13.0. The molecule has 1 aromatic rings. The molecule has 1 saturated heterocycles. The minimum atomic E-state index is 0.478. The summed E-state index contributed by atoms with van der Waals surface area (Å²) in [6, 6.07) is 9.23. The van der Waals surface area contributed by atoms with Crippen molar-refractivity contribution >= 4 is 11.8 Å². The second-order valence-electron chi connectivity index (χ2n) is 6.29. The molecule has 0 bridgehead atoms. The van der Waals surface area contributed by atoms with E-state index in [0.717, 1.165) is 18.2 Å². The third-order valence-electron chi connectivity index (χ3n) is 4.45. The van der Waals surface area contributed by atoms with Gasteiger partial charge in [-0.2, -0.15) is 11.8 Å². The lowest BCUT2D eigenvalue weighted by atomic mass is 9.90. The van der Waals surface area contributed by atoms with Crippen molar-refractivity contribution in [3.05, 3.63) is 29.8 Å². The Labute approximate surface area is 133 Å². The molecule has 0 spiro atoms. The molecule has 116 valence electrons. The van der Waals surface area contributed by atoms with Crippen LogP contribution < -0.4 is 10.1 Å². The minimum Gasteiger partial charge on any atom is -0.490 e. The van der Waals surface area contributed by atoms with E-state index >= 15 is 0 Å². The summed E-state index contributed by atoms with van der Waals surface area (Å²) in [5.41, 5.74) is 1.40. The molecule has 21 heavy (non-hydrogen) atoms. The molecule has 1 atom stereocenters. The summed E-state index contributed by atoms with van der Waals surface area (Å²) in [6.45, 7) is 3.23. The van der Waals surface area contributed by atoms with Gasteiger partial charge in [-0.15, -0.1) is 0 Å². The molecule has 2 aliphatic rings. The number of thioether (sulfide) groups is 1. The van der Waals surface area contributed by atoms with Gasteiger partial charge in [0.1, 0.15) is 5.75 Å². The van der Waals surface area contributed by atoms with Crippen molar-refractivity contribution in [2.75, 3.05) is 18.1 Å². The predicted molar refractivity (Wildman–Crippen MR) is 91.2 cm³/mol. The normalized spacial score (nSPS) is 21.2. The van der Waals surface area contributed by atoms with Crippen molar-refractivity contribution < 1.29 is 4.74 Å². The monoisotopic (exact) mass is 305 g/mol. The number of ether oxygens (including phenoxy) is 1. The number of benzene rings is 1. The van der Waals surface area contributed by atoms with E-state index < -0.39 is 0 Å². The van der Waals surface area contributed by atoms with E-state index in [-0.39, 0.29) is 0 Å². The van der Waals surface area contributed by atoms with Crippen LogP contribution in [0.2, 0.25) is 0 Å². The zero-order valence-corrected chi connectivity index (χ0v) is 13.8. The van der Waals surface area contributed by atoms with Crippen molar-refractivity contribution in [1.82, 2.24) is 5.32 Å². The van der Waals surface area contributed by atoms with E-state index in [1.165, 1.54) is 49.2 Å². The average molecular weight is 305 g/mol. The Balaban J connectivity index is 1.66. The van der Waals surface area contributed by atoms with Crippen LogP contribution in [-0.4, -0.2) is 24.2 Å². The van der Waals surface area contributed by atoms with Crippen LogP contribution in [0.25, 0.3) is 0 Å². The third kappa shape index (κ3) is 4.65. The molecule has 1 aliphatic heterocycles. The topological polar surface area (TPSA) is 21.3 Å². The van der Waals surface area contributed by atoms with Gasteiger partial charge in [0, 0.05) is 6.04 Å². The third-order valence-corrected chi connectivity index (χ3v) is 5.50. The molecule has 3 rings (SSSR count). The first-order valence-corrected chi connectivity index (χ1v) is 9.58. The van der Waals surface area contributed by atoms with Crippen LogP contribution in [0.1, 0.15) is 50.6 Å². The summed E-state index contributed by atoms with van der Waals surface area (Å²) in [6.07, 6.45) is 6.95. The summed E-state index contributed by atoms with van der Waals surface area (Å²) in [5.74, 6) is 4.61. The van der Waals surface area contributed by atoms with E-state index in [2.05, 4.69) is 48.3 Å². The lowest BCUT2D eigenvalue weighted by molar-refractivity contribution is 0.302. The fraction of sp³-hybridized carbons (Fsp3) is 0.667. The molecular weight excluding hydrogens is 278 g/mol. The number of hydrogen-bond acceptors (Lipinski definition) is 3. The highest BCUT2D eigenvalue weighted by Crippen LogP contribution is 2.33. The molecule has 0 amide bonds. The highest BCUT2D eigenvalue weighted by Gasteiger charge is 2.24. The van der Waals surface area contributed by atoms with Crippen LogP contribution in [-0.2, 0) is 0 Å². The summed E-state index contributed by atoms with van der Waals surface area (Å²) in [5, 5.41) is 3.68. The van der Waals surface area contributed by atoms with Gasteiger partial charge in [-0.05, 0) is 73.8 Å². The Hall–Kier alpha value is -0.670. The molecule has 1 N–H and O–H groups in total. The van der Waals surface area contributed by atoms with Gasteiger partial charge in [0.2, 0.25) is 0 Å². The number of hydrogen-bond donors (Lipinski definition) is 1. The highest BCUT2D eigenvalue weighted by atomic mass is 32.2. The lowest BCUT2D eigenvalue weighted by Crippen LogP contribution is -2.25. The van der Waals surface area contributed by atoms with Crippen LogP contribution in [0.3, 0.4) is 0 Å². The van der Waals surface area contributed by atoms with Crippen LogP contribution in [0.5, 0.6) is 5.75 Å². The lowest BCUT2D eigenvalue weighted by Gasteiger charge is -2.27. The Kier molecular flexibility index (Phi) is 5.48. The molecule has 1 aliphatic carbocycles. The largest absolute Gasteiger partial charge is 0.490 e. The number of nitrogens with one attached hydrogen (secondary N) is 1. The van der Waals surface area contributed by atoms with Crippen molar-refractivity contribution in [3.8, 4) is 5.75 Å². The van der Waals surface area contributed by atoms with Crippen LogP contribution in [0.4, 0.5) is 0 Å². The van der Waals surface area contributed by atoms with Crippen molar-refractivity contribution in [1.29, 1.82) is 0 Å². The molecule has 1 aromatic carbocycles. The van der Waals surface area contributed by atoms with E-state index in [0.29, 0.717) is 12.1 Å². The van der Waals surface area contributed by atoms with E-state index in [1.54, 1.807) is 0 Å². The average Bonchev–Trinajstić information content (AvgIpc) is 3.32. The molecule has 0 radical (unpaired) electrons. The Morgan fingerprint density at radius 1 is 1.24 bits per heavy atom. The first-order chi connectivity index (χ1) is 10.3. The van der Waals surface area contributed by atoms with Crippen molar-refractivity contribution in [2.45, 2.75) is 51.2 Å². The predicted octanol–water partition coefficient (Wildman–Crippen LogP) is 4.41. The molecule has 1 unspecified atom stereocenters. The first kappa shape index (κ1) is 15.2. The quantitative estimate of drug-likeness (QED) is 0.806. The van der Waals surface area contributed by atoms with E-state index in [9.17, 15) is 0 Å². The van der Waals surface area contributed by atoms with E-state index in [1.807, 2.05) is 0 Å². The van der Waals surface area contributed by atoms with Gasteiger partial charge in [-0.1, -0.05) is 19.1 Å². The smallest absolute Gasteiger partial charge is 0.120 e. The zero-order chi connectivity index (χ0) is 14.5. The second kappa shape index (κ2) is 7.55. The van der Waals surface area contributed by atoms with Crippen LogP contribution in [0.15, 0.2) is 24.3 Å². The molecule has 0 aromatic heterocycles. The Bertz CT molecular complexity index is 441. The maximum absolute atomic E-state index is 5.95. The highest BCUT2D eigenvalue weighted by molar-refractivity contribution is 7.99. The maximum Gasteiger partial charge on any atom is 0.120 e. The molecule has 2 fully saturated rings. The Morgan fingerprint density at radius 2 is 2.05 bits per heavy atom. The molecule has 3 heteroatoms. The van der Waals surface area contributed by atoms with Gasteiger partial charge in [0.05, 0.1) is 6.10 Å². The van der Waals surface area contributed by atoms with Crippen molar-refractivity contribution in [3.63, 3.8) is 0 Å². The second-order valence-corrected chi connectivity index (χ2v) is 7.52. The molecular formula is C18H27NOS. The van der Waals surface area contributed by atoms with Gasteiger partial charge >= 0.3 is 0 Å². The summed E-state index contributed by atoms with van der Waals surface area (Å²) in [7, 11) is 0.